The first-order valence-electron chi connectivity index (χ1n) is 9.20. The van der Waals surface area contributed by atoms with Crippen molar-refractivity contribution in [3.63, 3.8) is 0 Å². The van der Waals surface area contributed by atoms with E-state index in [9.17, 15) is 24.0 Å². The van der Waals surface area contributed by atoms with Gasteiger partial charge >= 0.3 is 5.97 Å². The van der Waals surface area contributed by atoms with Crippen molar-refractivity contribution < 1.29 is 28.7 Å². The molecule has 146 valence electrons. The lowest BCUT2D eigenvalue weighted by molar-refractivity contribution is -0.164. The number of carbonyl (C=O) groups excluding carboxylic acids is 5. The van der Waals surface area contributed by atoms with E-state index in [1.54, 1.807) is 12.1 Å². The Hall–Kier alpha value is -3.07. The standard InChI is InChI=1S/C19H19N3O6/c23-15-8-7-14(22-16(24)11-4-1-2-5-12(11)17(22)25)18(26)21(15)10-28-19(27)13-6-3-9-20-13/h1-2,4-5,13-14,20H,3,6-10H2/t13-,14?/m0/s1. The van der Waals surface area contributed by atoms with E-state index in [1.807, 2.05) is 0 Å². The van der Waals surface area contributed by atoms with Gasteiger partial charge in [-0.1, -0.05) is 12.1 Å². The Balaban J connectivity index is 1.48. The zero-order chi connectivity index (χ0) is 19.8. The van der Waals surface area contributed by atoms with Crippen molar-refractivity contribution in [1.82, 2.24) is 15.1 Å². The van der Waals surface area contributed by atoms with Crippen LogP contribution in [0.4, 0.5) is 0 Å². The largest absolute Gasteiger partial charge is 0.443 e. The second-order valence-electron chi connectivity index (χ2n) is 6.98. The van der Waals surface area contributed by atoms with Crippen LogP contribution in [0.5, 0.6) is 0 Å². The number of nitrogens with zero attached hydrogens (tertiary/aromatic N) is 2. The molecule has 3 aliphatic heterocycles. The Morgan fingerprint density at radius 2 is 1.75 bits per heavy atom. The molecule has 28 heavy (non-hydrogen) atoms. The van der Waals surface area contributed by atoms with E-state index in [1.165, 1.54) is 12.1 Å². The normalized spacial score (nSPS) is 24.7. The summed E-state index contributed by atoms with van der Waals surface area (Å²) in [4.78, 5) is 64.1. The van der Waals surface area contributed by atoms with Crippen LogP contribution in [-0.2, 0) is 19.1 Å². The highest BCUT2D eigenvalue weighted by atomic mass is 16.5. The third-order valence-corrected chi connectivity index (χ3v) is 5.30. The van der Waals surface area contributed by atoms with Crippen molar-refractivity contribution in [3.8, 4) is 0 Å². The van der Waals surface area contributed by atoms with Crippen LogP contribution in [0.25, 0.3) is 0 Å². The van der Waals surface area contributed by atoms with E-state index >= 15 is 0 Å². The van der Waals surface area contributed by atoms with E-state index in [0.717, 1.165) is 16.2 Å². The van der Waals surface area contributed by atoms with Crippen LogP contribution in [0, 0.1) is 0 Å². The molecular weight excluding hydrogens is 366 g/mol. The third kappa shape index (κ3) is 2.97. The van der Waals surface area contributed by atoms with Crippen LogP contribution < -0.4 is 5.32 Å². The highest BCUT2D eigenvalue weighted by molar-refractivity contribution is 6.23. The molecule has 0 bridgehead atoms. The number of benzene rings is 1. The number of amides is 4. The van der Waals surface area contributed by atoms with Gasteiger partial charge in [0.1, 0.15) is 12.1 Å². The first kappa shape index (κ1) is 18.3. The minimum absolute atomic E-state index is 0.0248. The maximum absolute atomic E-state index is 12.9. The van der Waals surface area contributed by atoms with Gasteiger partial charge in [-0.2, -0.15) is 0 Å². The van der Waals surface area contributed by atoms with Gasteiger partial charge in [-0.25, -0.2) is 4.90 Å². The van der Waals surface area contributed by atoms with Gasteiger partial charge in [0.05, 0.1) is 11.1 Å². The number of carbonyl (C=O) groups is 5. The topological polar surface area (TPSA) is 113 Å². The molecular formula is C19H19N3O6. The molecule has 2 fully saturated rings. The average Bonchev–Trinajstić information content (AvgIpc) is 3.31. The number of esters is 1. The molecule has 0 aliphatic carbocycles. The van der Waals surface area contributed by atoms with E-state index in [-0.39, 0.29) is 24.0 Å². The minimum atomic E-state index is -1.09. The molecule has 3 aliphatic rings. The molecule has 9 nitrogen and oxygen atoms in total. The fraction of sp³-hybridized carbons (Fsp3) is 0.421. The van der Waals surface area contributed by atoms with E-state index in [4.69, 9.17) is 4.74 Å². The number of rotatable bonds is 4. The minimum Gasteiger partial charge on any atom is -0.443 e. The van der Waals surface area contributed by atoms with Crippen molar-refractivity contribution in [2.75, 3.05) is 13.3 Å². The molecule has 4 rings (SSSR count). The maximum atomic E-state index is 12.9. The molecule has 1 aromatic rings. The number of ether oxygens (including phenoxy) is 1. The Morgan fingerprint density at radius 3 is 2.36 bits per heavy atom. The fourth-order valence-electron chi connectivity index (χ4n) is 3.80. The summed E-state index contributed by atoms with van der Waals surface area (Å²) in [5.74, 6) is -2.84. The highest BCUT2D eigenvalue weighted by Gasteiger charge is 2.47. The quantitative estimate of drug-likeness (QED) is 0.576. The SMILES string of the molecule is O=C(OCN1C(=O)CCC(N2C(=O)c3ccccc3C2=O)C1=O)[C@@H]1CCCN1. The van der Waals surface area contributed by atoms with Crippen LogP contribution in [-0.4, -0.2) is 64.8 Å². The smallest absolute Gasteiger partial charge is 0.324 e. The van der Waals surface area contributed by atoms with Gasteiger partial charge in [-0.15, -0.1) is 0 Å². The van der Waals surface area contributed by atoms with Gasteiger partial charge in [0.25, 0.3) is 17.7 Å². The molecule has 0 aromatic heterocycles. The van der Waals surface area contributed by atoms with Gasteiger partial charge in [0.15, 0.2) is 6.73 Å². The number of fused-ring (bicyclic) bond motifs is 1. The van der Waals surface area contributed by atoms with Gasteiger partial charge < -0.3 is 10.1 Å². The van der Waals surface area contributed by atoms with Gasteiger partial charge in [0, 0.05) is 6.42 Å². The summed E-state index contributed by atoms with van der Waals surface area (Å²) in [6, 6.07) is 4.81. The molecule has 1 N–H and O–H groups in total. The molecule has 2 saturated heterocycles. The average molecular weight is 385 g/mol. The van der Waals surface area contributed by atoms with Crippen LogP contribution >= 0.6 is 0 Å². The molecule has 0 saturated carbocycles. The predicted octanol–water partition coefficient (Wildman–Crippen LogP) is 0.0529. The van der Waals surface area contributed by atoms with Crippen molar-refractivity contribution in [2.24, 2.45) is 0 Å². The zero-order valence-corrected chi connectivity index (χ0v) is 15.1. The Bertz CT molecular complexity index is 841. The first-order valence-corrected chi connectivity index (χ1v) is 9.20. The molecule has 3 heterocycles. The number of nitrogens with one attached hydrogen (secondary N) is 1. The summed E-state index contributed by atoms with van der Waals surface area (Å²) >= 11 is 0. The summed E-state index contributed by atoms with van der Waals surface area (Å²) in [5.41, 5.74) is 0.477. The Kier molecular flexibility index (Phi) is 4.68. The summed E-state index contributed by atoms with van der Waals surface area (Å²) in [5, 5.41) is 2.98. The van der Waals surface area contributed by atoms with Crippen LogP contribution in [0.15, 0.2) is 24.3 Å². The van der Waals surface area contributed by atoms with Gasteiger partial charge in [-0.05, 0) is 37.9 Å². The van der Waals surface area contributed by atoms with E-state index in [2.05, 4.69) is 5.32 Å². The number of hydrogen-bond acceptors (Lipinski definition) is 7. The van der Waals surface area contributed by atoms with Crippen molar-refractivity contribution in [2.45, 2.75) is 37.8 Å². The van der Waals surface area contributed by atoms with Crippen molar-refractivity contribution in [3.05, 3.63) is 35.4 Å². The zero-order valence-electron chi connectivity index (χ0n) is 15.1. The van der Waals surface area contributed by atoms with Crippen molar-refractivity contribution in [1.29, 1.82) is 0 Å². The summed E-state index contributed by atoms with van der Waals surface area (Å²) in [7, 11) is 0. The number of imide groups is 2. The molecule has 0 radical (unpaired) electrons. The summed E-state index contributed by atoms with van der Waals surface area (Å²) in [6.07, 6.45) is 1.52. The van der Waals surface area contributed by atoms with Gasteiger partial charge in [-0.3, -0.25) is 28.9 Å². The molecule has 9 heteroatoms. The predicted molar refractivity (Wildman–Crippen MR) is 93.8 cm³/mol. The number of hydrogen-bond donors (Lipinski definition) is 1. The van der Waals surface area contributed by atoms with Crippen LogP contribution in [0.1, 0.15) is 46.4 Å². The number of piperidine rings is 1. The van der Waals surface area contributed by atoms with E-state index < -0.39 is 48.4 Å². The third-order valence-electron chi connectivity index (χ3n) is 5.30. The molecule has 1 unspecified atom stereocenters. The second kappa shape index (κ2) is 7.16. The Morgan fingerprint density at radius 1 is 1.07 bits per heavy atom. The van der Waals surface area contributed by atoms with E-state index in [0.29, 0.717) is 13.0 Å². The monoisotopic (exact) mass is 385 g/mol. The molecule has 4 amide bonds. The Labute approximate surface area is 160 Å². The first-order chi connectivity index (χ1) is 13.5. The molecule has 2 atom stereocenters. The second-order valence-corrected chi connectivity index (χ2v) is 6.98. The van der Waals surface area contributed by atoms with Crippen LogP contribution in [0.3, 0.4) is 0 Å². The molecule has 1 aromatic carbocycles. The number of likely N-dealkylation sites (tertiary alicyclic amines) is 1. The lowest BCUT2D eigenvalue weighted by atomic mass is 10.0. The van der Waals surface area contributed by atoms with Crippen LogP contribution in [0.2, 0.25) is 0 Å². The van der Waals surface area contributed by atoms with Crippen molar-refractivity contribution >= 4 is 29.6 Å². The highest BCUT2D eigenvalue weighted by Crippen LogP contribution is 2.29. The lowest BCUT2D eigenvalue weighted by Gasteiger charge is -2.34. The summed E-state index contributed by atoms with van der Waals surface area (Å²) < 4.78 is 5.13. The maximum Gasteiger partial charge on any atom is 0.324 e. The lowest BCUT2D eigenvalue weighted by Crippen LogP contribution is -2.56. The van der Waals surface area contributed by atoms with Gasteiger partial charge in [0.2, 0.25) is 5.91 Å². The fourth-order valence-corrected chi connectivity index (χ4v) is 3.80. The molecule has 0 spiro atoms. The summed E-state index contributed by atoms with van der Waals surface area (Å²) in [6.45, 7) is 0.192.